The summed E-state index contributed by atoms with van der Waals surface area (Å²) in [6.45, 7) is 4.23. The quantitative estimate of drug-likeness (QED) is 0.813. The number of carbonyl (C=O) groups excluding carboxylic acids is 1. The Morgan fingerprint density at radius 2 is 1.62 bits per heavy atom. The smallest absolute Gasteiger partial charge is 0.335 e. The van der Waals surface area contributed by atoms with Crippen LogP contribution in [0.3, 0.4) is 0 Å². The van der Waals surface area contributed by atoms with Crippen LogP contribution in [0, 0.1) is 5.92 Å². The summed E-state index contributed by atoms with van der Waals surface area (Å²) < 4.78 is 0. The van der Waals surface area contributed by atoms with Crippen LogP contribution in [0.25, 0.3) is 0 Å². The van der Waals surface area contributed by atoms with Crippen molar-refractivity contribution in [2.24, 2.45) is 5.92 Å². The zero-order chi connectivity index (χ0) is 17.5. The molecule has 2 N–H and O–H groups in total. The van der Waals surface area contributed by atoms with Gasteiger partial charge >= 0.3 is 5.97 Å². The van der Waals surface area contributed by atoms with E-state index in [0.717, 1.165) is 12.0 Å². The maximum absolute atomic E-state index is 12.4. The minimum absolute atomic E-state index is 0.0594. The van der Waals surface area contributed by atoms with E-state index in [-0.39, 0.29) is 23.9 Å². The molecular weight excluding hydrogens is 302 g/mol. The summed E-state index contributed by atoms with van der Waals surface area (Å²) in [6, 6.07) is 16.4. The van der Waals surface area contributed by atoms with E-state index in [1.807, 2.05) is 30.3 Å². The van der Waals surface area contributed by atoms with Gasteiger partial charge in [-0.05, 0) is 29.5 Å². The lowest BCUT2D eigenvalue weighted by Crippen LogP contribution is -2.31. The van der Waals surface area contributed by atoms with Gasteiger partial charge in [-0.25, -0.2) is 4.79 Å². The number of carboxylic acids is 1. The van der Waals surface area contributed by atoms with Crippen molar-refractivity contribution in [3.05, 3.63) is 71.3 Å². The minimum atomic E-state index is -1.01. The van der Waals surface area contributed by atoms with Crippen LogP contribution >= 0.6 is 0 Å². The Kier molecular flexibility index (Phi) is 6.13. The second-order valence-corrected chi connectivity index (χ2v) is 6.30. The van der Waals surface area contributed by atoms with Crippen molar-refractivity contribution in [2.45, 2.75) is 32.7 Å². The molecule has 24 heavy (non-hydrogen) atoms. The lowest BCUT2D eigenvalue weighted by molar-refractivity contribution is -0.121. The van der Waals surface area contributed by atoms with E-state index in [2.05, 4.69) is 19.2 Å². The van der Waals surface area contributed by atoms with Crippen molar-refractivity contribution < 1.29 is 14.7 Å². The fraction of sp³-hybridized carbons (Fsp3) is 0.300. The van der Waals surface area contributed by atoms with Gasteiger partial charge in [0, 0.05) is 0 Å². The van der Waals surface area contributed by atoms with Gasteiger partial charge in [0.15, 0.2) is 0 Å². The van der Waals surface area contributed by atoms with Crippen LogP contribution in [-0.2, 0) is 11.2 Å². The first-order chi connectivity index (χ1) is 11.5. The third-order valence-electron chi connectivity index (χ3n) is 3.84. The highest BCUT2D eigenvalue weighted by molar-refractivity contribution is 5.91. The molecule has 2 aromatic rings. The van der Waals surface area contributed by atoms with Gasteiger partial charge in [0.2, 0.25) is 5.91 Å². The zero-order valence-corrected chi connectivity index (χ0v) is 14.0. The SMILES string of the molecule is CC(C)CC(NC(=O)Cc1ccccc1C(=O)O)c1ccccc1. The molecule has 0 saturated heterocycles. The molecule has 1 atom stereocenters. The molecule has 0 spiro atoms. The van der Waals surface area contributed by atoms with Crippen molar-refractivity contribution in [1.29, 1.82) is 0 Å². The van der Waals surface area contributed by atoms with Crippen LogP contribution in [0.4, 0.5) is 0 Å². The summed E-state index contributed by atoms with van der Waals surface area (Å²) in [5, 5.41) is 12.3. The van der Waals surface area contributed by atoms with Gasteiger partial charge in [-0.1, -0.05) is 62.4 Å². The van der Waals surface area contributed by atoms with Crippen molar-refractivity contribution in [2.75, 3.05) is 0 Å². The number of nitrogens with one attached hydrogen (secondary N) is 1. The average Bonchev–Trinajstić information content (AvgIpc) is 2.55. The summed E-state index contributed by atoms with van der Waals surface area (Å²) in [5.41, 5.74) is 1.76. The Bertz CT molecular complexity index is 695. The third-order valence-corrected chi connectivity index (χ3v) is 3.84. The predicted octanol–water partition coefficient (Wildman–Crippen LogP) is 3.83. The van der Waals surface area contributed by atoms with Gasteiger partial charge < -0.3 is 10.4 Å². The molecule has 0 heterocycles. The molecule has 1 amide bonds. The van der Waals surface area contributed by atoms with Crippen molar-refractivity contribution in [1.82, 2.24) is 5.32 Å². The summed E-state index contributed by atoms with van der Waals surface area (Å²) in [5.74, 6) is -0.750. The van der Waals surface area contributed by atoms with Gasteiger partial charge in [-0.2, -0.15) is 0 Å². The van der Waals surface area contributed by atoms with Crippen molar-refractivity contribution in [3.8, 4) is 0 Å². The van der Waals surface area contributed by atoms with Crippen molar-refractivity contribution >= 4 is 11.9 Å². The molecule has 0 aromatic heterocycles. The highest BCUT2D eigenvalue weighted by Crippen LogP contribution is 2.21. The van der Waals surface area contributed by atoms with E-state index < -0.39 is 5.97 Å². The fourth-order valence-corrected chi connectivity index (χ4v) is 2.74. The number of aromatic carboxylic acids is 1. The normalized spacial score (nSPS) is 12.0. The number of carbonyl (C=O) groups is 2. The molecule has 0 fully saturated rings. The summed E-state index contributed by atoms with van der Waals surface area (Å²) in [4.78, 5) is 23.7. The Balaban J connectivity index is 2.12. The topological polar surface area (TPSA) is 66.4 Å². The number of hydrogen-bond acceptors (Lipinski definition) is 2. The van der Waals surface area contributed by atoms with Gasteiger partial charge in [0.05, 0.1) is 18.0 Å². The molecule has 126 valence electrons. The van der Waals surface area contributed by atoms with Crippen LogP contribution in [0.2, 0.25) is 0 Å². The largest absolute Gasteiger partial charge is 0.478 e. The van der Waals surface area contributed by atoms with Gasteiger partial charge in [-0.3, -0.25) is 4.79 Å². The molecule has 0 bridgehead atoms. The number of hydrogen-bond donors (Lipinski definition) is 2. The second kappa shape index (κ2) is 8.29. The summed E-state index contributed by atoms with van der Waals surface area (Å²) in [7, 11) is 0. The van der Waals surface area contributed by atoms with Crippen LogP contribution < -0.4 is 5.32 Å². The molecule has 1 unspecified atom stereocenters. The van der Waals surface area contributed by atoms with E-state index in [1.54, 1.807) is 18.2 Å². The molecule has 0 aliphatic heterocycles. The first-order valence-electron chi connectivity index (χ1n) is 8.13. The van der Waals surface area contributed by atoms with E-state index in [4.69, 9.17) is 0 Å². The molecule has 4 nitrogen and oxygen atoms in total. The molecule has 2 aromatic carbocycles. The maximum atomic E-state index is 12.4. The third kappa shape index (κ3) is 4.95. The number of benzene rings is 2. The lowest BCUT2D eigenvalue weighted by atomic mass is 9.96. The minimum Gasteiger partial charge on any atom is -0.478 e. The molecule has 4 heteroatoms. The standard InChI is InChI=1S/C20H23NO3/c1-14(2)12-18(15-8-4-3-5-9-15)21-19(22)13-16-10-6-7-11-17(16)20(23)24/h3-11,14,18H,12-13H2,1-2H3,(H,21,22)(H,23,24). The highest BCUT2D eigenvalue weighted by atomic mass is 16.4. The second-order valence-electron chi connectivity index (χ2n) is 6.30. The van der Waals surface area contributed by atoms with E-state index in [9.17, 15) is 14.7 Å². The highest BCUT2D eigenvalue weighted by Gasteiger charge is 2.18. The predicted molar refractivity (Wildman–Crippen MR) is 93.9 cm³/mol. The first-order valence-corrected chi connectivity index (χ1v) is 8.13. The Morgan fingerprint density at radius 1 is 1.00 bits per heavy atom. The molecule has 0 aliphatic carbocycles. The number of carboxylic acid groups (broad SMARTS) is 1. The lowest BCUT2D eigenvalue weighted by Gasteiger charge is -2.21. The molecular formula is C20H23NO3. The van der Waals surface area contributed by atoms with Gasteiger partial charge in [-0.15, -0.1) is 0 Å². The molecule has 0 aliphatic rings. The van der Waals surface area contributed by atoms with Crippen LogP contribution in [-0.4, -0.2) is 17.0 Å². The molecule has 0 saturated carbocycles. The Morgan fingerprint density at radius 3 is 2.25 bits per heavy atom. The fourth-order valence-electron chi connectivity index (χ4n) is 2.74. The van der Waals surface area contributed by atoms with Crippen LogP contribution in [0.1, 0.15) is 47.8 Å². The number of amides is 1. The van der Waals surface area contributed by atoms with Gasteiger partial charge in [0.25, 0.3) is 0 Å². The summed E-state index contributed by atoms with van der Waals surface area (Å²) in [6.07, 6.45) is 0.889. The summed E-state index contributed by atoms with van der Waals surface area (Å²) >= 11 is 0. The van der Waals surface area contributed by atoms with Crippen molar-refractivity contribution in [3.63, 3.8) is 0 Å². The van der Waals surface area contributed by atoms with E-state index in [1.165, 1.54) is 6.07 Å². The molecule has 2 rings (SSSR count). The first kappa shape index (κ1) is 17.7. The zero-order valence-electron chi connectivity index (χ0n) is 14.0. The van der Waals surface area contributed by atoms with Gasteiger partial charge in [0.1, 0.15) is 0 Å². The average molecular weight is 325 g/mol. The Labute approximate surface area is 142 Å². The monoisotopic (exact) mass is 325 g/mol. The van der Waals surface area contributed by atoms with E-state index in [0.29, 0.717) is 11.5 Å². The van der Waals surface area contributed by atoms with Crippen LogP contribution in [0.5, 0.6) is 0 Å². The maximum Gasteiger partial charge on any atom is 0.335 e. The Hall–Kier alpha value is -2.62. The van der Waals surface area contributed by atoms with Crippen LogP contribution in [0.15, 0.2) is 54.6 Å². The van der Waals surface area contributed by atoms with E-state index >= 15 is 0 Å². The molecule has 0 radical (unpaired) electrons. The number of rotatable bonds is 7.